The van der Waals surface area contributed by atoms with Gasteiger partial charge in [-0.3, -0.25) is 9.59 Å². The van der Waals surface area contributed by atoms with Gasteiger partial charge in [0.25, 0.3) is 5.91 Å². The Balaban J connectivity index is 1.90. The molecule has 0 atom stereocenters. The average Bonchev–Trinajstić information content (AvgIpc) is 2.95. The fourth-order valence-corrected chi connectivity index (χ4v) is 3.06. The first-order valence-electron chi connectivity index (χ1n) is 7.04. The van der Waals surface area contributed by atoms with Gasteiger partial charge in [0.1, 0.15) is 5.75 Å². The highest BCUT2D eigenvalue weighted by molar-refractivity contribution is 7.16. The van der Waals surface area contributed by atoms with Crippen LogP contribution in [0.15, 0.2) is 36.4 Å². The Bertz CT molecular complexity index is 685. The Morgan fingerprint density at radius 2 is 1.91 bits per heavy atom. The maximum absolute atomic E-state index is 12.2. The van der Waals surface area contributed by atoms with Crippen LogP contribution >= 0.6 is 22.9 Å². The molecule has 0 aliphatic rings. The predicted octanol–water partition coefficient (Wildman–Crippen LogP) is 2.93. The smallest absolute Gasteiger partial charge is 0.260 e. The number of carbonyl (C=O) groups excluding carboxylic acids is 2. The topological polar surface area (TPSA) is 72.6 Å². The molecule has 122 valence electrons. The third kappa shape index (κ3) is 4.97. The summed E-state index contributed by atoms with van der Waals surface area (Å²) in [5.41, 5.74) is 5.57. The van der Waals surface area contributed by atoms with E-state index in [9.17, 15) is 9.59 Å². The number of nitrogens with zero attached hydrogens (tertiary/aromatic N) is 1. The summed E-state index contributed by atoms with van der Waals surface area (Å²) in [5.74, 6) is -0.103. The largest absolute Gasteiger partial charge is 0.484 e. The second kappa shape index (κ2) is 7.99. The van der Waals surface area contributed by atoms with Crippen molar-refractivity contribution in [1.82, 2.24) is 4.90 Å². The fraction of sp³-hybridized carbons (Fsp3) is 0.250. The average molecular weight is 353 g/mol. The lowest BCUT2D eigenvalue weighted by atomic mass is 10.2. The summed E-state index contributed by atoms with van der Waals surface area (Å²) in [6, 6.07) is 10.1. The van der Waals surface area contributed by atoms with E-state index in [4.69, 9.17) is 22.1 Å². The Kier molecular flexibility index (Phi) is 6.01. The lowest BCUT2D eigenvalue weighted by Gasteiger charge is -2.20. The number of primary amides is 1. The van der Waals surface area contributed by atoms with Crippen LogP contribution in [0.5, 0.6) is 5.75 Å². The van der Waals surface area contributed by atoms with Gasteiger partial charge in [-0.15, -0.1) is 11.3 Å². The molecule has 0 bridgehead atoms. The first kappa shape index (κ1) is 17.3. The first-order chi connectivity index (χ1) is 11.0. The first-order valence-corrected chi connectivity index (χ1v) is 8.23. The number of hydrogen-bond donors (Lipinski definition) is 1. The van der Waals surface area contributed by atoms with E-state index >= 15 is 0 Å². The number of benzene rings is 1. The van der Waals surface area contributed by atoms with Crippen molar-refractivity contribution in [3.63, 3.8) is 0 Å². The minimum Gasteiger partial charge on any atom is -0.484 e. The Hall–Kier alpha value is -2.05. The lowest BCUT2D eigenvalue weighted by Crippen LogP contribution is -2.34. The second-order valence-corrected chi connectivity index (χ2v) is 6.59. The van der Waals surface area contributed by atoms with Gasteiger partial charge in [-0.25, -0.2) is 0 Å². The monoisotopic (exact) mass is 352 g/mol. The molecule has 2 rings (SSSR count). The van der Waals surface area contributed by atoms with Crippen molar-refractivity contribution in [1.29, 1.82) is 0 Å². The molecule has 2 amide bonds. The van der Waals surface area contributed by atoms with Gasteiger partial charge in [-0.1, -0.05) is 11.6 Å². The Labute approximate surface area is 143 Å². The maximum Gasteiger partial charge on any atom is 0.260 e. The van der Waals surface area contributed by atoms with Crippen LogP contribution in [0.25, 0.3) is 0 Å². The van der Waals surface area contributed by atoms with E-state index < -0.39 is 5.91 Å². The molecule has 0 radical (unpaired) electrons. The zero-order valence-electron chi connectivity index (χ0n) is 12.6. The summed E-state index contributed by atoms with van der Waals surface area (Å²) in [6.07, 6.45) is 0. The molecule has 0 unspecified atom stereocenters. The normalized spacial score (nSPS) is 10.3. The molecule has 2 aromatic rings. The summed E-state index contributed by atoms with van der Waals surface area (Å²) < 4.78 is 6.17. The van der Waals surface area contributed by atoms with Gasteiger partial charge < -0.3 is 15.4 Å². The predicted molar refractivity (Wildman–Crippen MR) is 90.9 cm³/mol. The molecule has 0 spiro atoms. The van der Waals surface area contributed by atoms with E-state index in [0.717, 1.165) is 4.88 Å². The van der Waals surface area contributed by atoms with Gasteiger partial charge in [-0.05, 0) is 43.3 Å². The maximum atomic E-state index is 12.2. The summed E-state index contributed by atoms with van der Waals surface area (Å²) in [5, 5.41) is 0. The number of halogens is 1. The van der Waals surface area contributed by atoms with E-state index in [0.29, 0.717) is 28.7 Å². The zero-order valence-corrected chi connectivity index (χ0v) is 14.2. The van der Waals surface area contributed by atoms with Crippen molar-refractivity contribution in [2.24, 2.45) is 5.73 Å². The summed E-state index contributed by atoms with van der Waals surface area (Å²) >= 11 is 7.35. The number of amides is 2. The Morgan fingerprint density at radius 3 is 2.43 bits per heavy atom. The molecule has 5 nitrogen and oxygen atoms in total. The van der Waals surface area contributed by atoms with Crippen LogP contribution in [-0.4, -0.2) is 29.9 Å². The van der Waals surface area contributed by atoms with Gasteiger partial charge in [0.2, 0.25) is 5.91 Å². The van der Waals surface area contributed by atoms with Gasteiger partial charge in [0.15, 0.2) is 6.61 Å². The zero-order chi connectivity index (χ0) is 16.8. The van der Waals surface area contributed by atoms with Crippen molar-refractivity contribution in [3.8, 4) is 5.75 Å². The van der Waals surface area contributed by atoms with E-state index in [-0.39, 0.29) is 12.5 Å². The van der Waals surface area contributed by atoms with Crippen molar-refractivity contribution >= 4 is 34.8 Å². The highest BCUT2D eigenvalue weighted by Gasteiger charge is 2.14. The molecular weight excluding hydrogens is 336 g/mol. The van der Waals surface area contributed by atoms with Crippen molar-refractivity contribution in [3.05, 3.63) is 51.2 Å². The summed E-state index contributed by atoms with van der Waals surface area (Å²) in [4.78, 5) is 25.9. The molecule has 1 aromatic carbocycles. The molecule has 1 aromatic heterocycles. The minimum atomic E-state index is -0.501. The molecule has 1 heterocycles. The molecule has 0 aliphatic heterocycles. The van der Waals surface area contributed by atoms with Crippen molar-refractivity contribution < 1.29 is 14.3 Å². The number of carbonyl (C=O) groups is 2. The summed E-state index contributed by atoms with van der Waals surface area (Å²) in [7, 11) is 0. The highest BCUT2D eigenvalue weighted by Crippen LogP contribution is 2.22. The number of hydrogen-bond acceptors (Lipinski definition) is 4. The lowest BCUT2D eigenvalue weighted by molar-refractivity contribution is -0.133. The van der Waals surface area contributed by atoms with Crippen LogP contribution in [0.4, 0.5) is 0 Å². The standard InChI is InChI=1S/C16H17ClN2O3S/c1-2-19(9-13-7-8-14(17)23-13)15(20)10-22-12-5-3-11(4-6-12)16(18)21/h3-8H,2,9-10H2,1H3,(H2,18,21). The van der Waals surface area contributed by atoms with Gasteiger partial charge in [0, 0.05) is 17.0 Å². The molecule has 0 saturated carbocycles. The molecule has 23 heavy (non-hydrogen) atoms. The van der Waals surface area contributed by atoms with Gasteiger partial charge >= 0.3 is 0 Å². The third-order valence-electron chi connectivity index (χ3n) is 3.21. The van der Waals surface area contributed by atoms with Crippen LogP contribution in [-0.2, 0) is 11.3 Å². The minimum absolute atomic E-state index is 0.0666. The number of ether oxygens (including phenoxy) is 1. The summed E-state index contributed by atoms with van der Waals surface area (Å²) in [6.45, 7) is 2.94. The van der Waals surface area contributed by atoms with E-state index in [1.54, 1.807) is 29.2 Å². The molecular formula is C16H17ClN2O3S. The highest BCUT2D eigenvalue weighted by atomic mass is 35.5. The van der Waals surface area contributed by atoms with Gasteiger partial charge in [-0.2, -0.15) is 0 Å². The fourth-order valence-electron chi connectivity index (χ4n) is 1.95. The number of nitrogens with two attached hydrogens (primary N) is 1. The molecule has 7 heteroatoms. The molecule has 0 saturated heterocycles. The molecule has 0 fully saturated rings. The van der Waals surface area contributed by atoms with Crippen LogP contribution in [0, 0.1) is 0 Å². The second-order valence-electron chi connectivity index (χ2n) is 4.79. The van der Waals surface area contributed by atoms with Crippen LogP contribution < -0.4 is 10.5 Å². The quantitative estimate of drug-likeness (QED) is 0.832. The van der Waals surface area contributed by atoms with Crippen LogP contribution in [0.1, 0.15) is 22.2 Å². The molecule has 2 N–H and O–H groups in total. The van der Waals surface area contributed by atoms with E-state index in [1.165, 1.54) is 11.3 Å². The Morgan fingerprint density at radius 1 is 1.22 bits per heavy atom. The number of thiophene rings is 1. The number of rotatable bonds is 7. The van der Waals surface area contributed by atoms with Crippen molar-refractivity contribution in [2.75, 3.05) is 13.2 Å². The van der Waals surface area contributed by atoms with E-state index in [2.05, 4.69) is 0 Å². The SMILES string of the molecule is CCN(Cc1ccc(Cl)s1)C(=O)COc1ccc(C(N)=O)cc1. The van der Waals surface area contributed by atoms with Gasteiger partial charge in [0.05, 0.1) is 10.9 Å². The van der Waals surface area contributed by atoms with Crippen molar-refractivity contribution in [2.45, 2.75) is 13.5 Å². The third-order valence-corrected chi connectivity index (χ3v) is 4.43. The van der Waals surface area contributed by atoms with Crippen LogP contribution in [0.3, 0.4) is 0 Å². The van der Waals surface area contributed by atoms with E-state index in [1.807, 2.05) is 19.1 Å². The molecule has 0 aliphatic carbocycles. The number of likely N-dealkylation sites (N-methyl/N-ethyl adjacent to an activating group) is 1. The van der Waals surface area contributed by atoms with Crippen LogP contribution in [0.2, 0.25) is 4.34 Å².